The van der Waals surface area contributed by atoms with Gasteiger partial charge in [-0.25, -0.2) is 0 Å². The second-order valence-corrected chi connectivity index (χ2v) is 5.28. The molecule has 0 saturated carbocycles. The normalized spacial score (nSPS) is 13.6. The smallest absolute Gasteiger partial charge is 0.224 e. The van der Waals surface area contributed by atoms with Gasteiger partial charge in [0.15, 0.2) is 0 Å². The first kappa shape index (κ1) is 16.5. The Labute approximate surface area is 121 Å². The Bertz CT molecular complexity index is 419. The highest BCUT2D eigenvalue weighted by Gasteiger charge is 2.06. The quantitative estimate of drug-likeness (QED) is 0.766. The van der Waals surface area contributed by atoms with E-state index >= 15 is 0 Å². The first-order chi connectivity index (χ1) is 9.51. The molecule has 0 bridgehead atoms. The van der Waals surface area contributed by atoms with Gasteiger partial charge in [0.2, 0.25) is 5.91 Å². The molecule has 1 aromatic rings. The molecule has 0 heterocycles. The third kappa shape index (κ3) is 6.57. The number of amides is 1. The largest absolute Gasteiger partial charge is 0.491 e. The Hall–Kier alpha value is -1.55. The number of ether oxygens (including phenoxy) is 1. The van der Waals surface area contributed by atoms with Gasteiger partial charge in [-0.2, -0.15) is 0 Å². The van der Waals surface area contributed by atoms with Crippen molar-refractivity contribution in [3.05, 3.63) is 24.3 Å². The van der Waals surface area contributed by atoms with E-state index in [1.54, 1.807) is 0 Å². The number of benzene rings is 1. The fourth-order valence-electron chi connectivity index (χ4n) is 1.77. The molecule has 4 heteroatoms. The monoisotopic (exact) mass is 278 g/mol. The maximum Gasteiger partial charge on any atom is 0.224 e. The highest BCUT2D eigenvalue weighted by Crippen LogP contribution is 2.19. The van der Waals surface area contributed by atoms with E-state index in [1.807, 2.05) is 38.1 Å². The minimum absolute atomic E-state index is 0.0198. The van der Waals surface area contributed by atoms with Crippen LogP contribution in [0.5, 0.6) is 5.75 Å². The predicted octanol–water partition coefficient (Wildman–Crippen LogP) is 3.32. The molecule has 0 aliphatic carbocycles. The molecule has 0 saturated heterocycles. The number of nitrogens with two attached hydrogens (primary N) is 1. The summed E-state index contributed by atoms with van der Waals surface area (Å²) in [5.74, 6) is 0.805. The minimum atomic E-state index is 0.0198. The van der Waals surface area contributed by atoms with Gasteiger partial charge in [0.05, 0.1) is 6.10 Å². The van der Waals surface area contributed by atoms with Crippen molar-refractivity contribution in [1.82, 2.24) is 0 Å². The molecule has 4 nitrogen and oxygen atoms in total. The van der Waals surface area contributed by atoms with Crippen LogP contribution in [0.4, 0.5) is 5.69 Å². The van der Waals surface area contributed by atoms with Gasteiger partial charge in [-0.15, -0.1) is 0 Å². The lowest BCUT2D eigenvalue weighted by molar-refractivity contribution is -0.116. The second kappa shape index (κ2) is 8.59. The van der Waals surface area contributed by atoms with Crippen molar-refractivity contribution >= 4 is 11.6 Å². The SMILES string of the molecule is CCC(C)Oc1cccc(NC(=O)CCCC(C)N)c1. The number of carbonyl (C=O) groups excluding carboxylic acids is 1. The molecule has 0 aliphatic heterocycles. The van der Waals surface area contributed by atoms with Crippen molar-refractivity contribution in [2.75, 3.05) is 5.32 Å². The Balaban J connectivity index is 2.47. The zero-order valence-electron chi connectivity index (χ0n) is 12.7. The first-order valence-corrected chi connectivity index (χ1v) is 7.33. The lowest BCUT2D eigenvalue weighted by Crippen LogP contribution is -2.17. The van der Waals surface area contributed by atoms with Crippen LogP contribution >= 0.6 is 0 Å². The Kier molecular flexibility index (Phi) is 7.09. The van der Waals surface area contributed by atoms with E-state index in [-0.39, 0.29) is 18.1 Å². The van der Waals surface area contributed by atoms with E-state index in [0.717, 1.165) is 30.7 Å². The zero-order valence-corrected chi connectivity index (χ0v) is 12.7. The van der Waals surface area contributed by atoms with E-state index in [9.17, 15) is 4.79 Å². The standard InChI is InChI=1S/C16H26N2O2/c1-4-13(3)20-15-9-6-8-14(11-15)18-16(19)10-5-7-12(2)17/h6,8-9,11-13H,4-5,7,10,17H2,1-3H3,(H,18,19). The molecule has 20 heavy (non-hydrogen) atoms. The van der Waals surface area contributed by atoms with Crippen molar-refractivity contribution in [1.29, 1.82) is 0 Å². The third-order valence-electron chi connectivity index (χ3n) is 3.09. The topological polar surface area (TPSA) is 64.3 Å². The van der Waals surface area contributed by atoms with Crippen LogP contribution in [0.15, 0.2) is 24.3 Å². The van der Waals surface area contributed by atoms with Gasteiger partial charge in [0.1, 0.15) is 5.75 Å². The Morgan fingerprint density at radius 1 is 1.40 bits per heavy atom. The summed E-state index contributed by atoms with van der Waals surface area (Å²) < 4.78 is 5.73. The molecule has 1 aromatic carbocycles. The molecule has 0 radical (unpaired) electrons. The van der Waals surface area contributed by atoms with Crippen LogP contribution in [-0.4, -0.2) is 18.1 Å². The van der Waals surface area contributed by atoms with Crippen molar-refractivity contribution in [2.24, 2.45) is 5.73 Å². The summed E-state index contributed by atoms with van der Waals surface area (Å²) in [7, 11) is 0. The molecule has 0 fully saturated rings. The molecule has 0 aliphatic rings. The van der Waals surface area contributed by atoms with Crippen LogP contribution in [-0.2, 0) is 4.79 Å². The average Bonchev–Trinajstić information content (AvgIpc) is 2.38. The summed E-state index contributed by atoms with van der Waals surface area (Å²) in [5, 5.41) is 2.89. The molecular weight excluding hydrogens is 252 g/mol. The van der Waals surface area contributed by atoms with E-state index in [2.05, 4.69) is 12.2 Å². The van der Waals surface area contributed by atoms with Gasteiger partial charge < -0.3 is 15.8 Å². The summed E-state index contributed by atoms with van der Waals surface area (Å²) in [4.78, 5) is 11.8. The number of carbonyl (C=O) groups is 1. The van der Waals surface area contributed by atoms with Gasteiger partial charge >= 0.3 is 0 Å². The fourth-order valence-corrected chi connectivity index (χ4v) is 1.77. The number of hydrogen-bond acceptors (Lipinski definition) is 3. The summed E-state index contributed by atoms with van der Waals surface area (Å²) in [6.07, 6.45) is 3.30. The second-order valence-electron chi connectivity index (χ2n) is 5.28. The first-order valence-electron chi connectivity index (χ1n) is 7.33. The van der Waals surface area contributed by atoms with Gasteiger partial charge in [-0.1, -0.05) is 13.0 Å². The van der Waals surface area contributed by atoms with E-state index in [4.69, 9.17) is 10.5 Å². The maximum absolute atomic E-state index is 11.8. The van der Waals surface area contributed by atoms with Crippen molar-refractivity contribution in [3.8, 4) is 5.75 Å². The average molecular weight is 278 g/mol. The lowest BCUT2D eigenvalue weighted by atomic mass is 10.1. The van der Waals surface area contributed by atoms with Crippen molar-refractivity contribution < 1.29 is 9.53 Å². The summed E-state index contributed by atoms with van der Waals surface area (Å²) in [6.45, 7) is 6.06. The molecular formula is C16H26N2O2. The Morgan fingerprint density at radius 2 is 2.15 bits per heavy atom. The molecule has 0 spiro atoms. The van der Waals surface area contributed by atoms with Crippen LogP contribution in [0, 0.1) is 0 Å². The van der Waals surface area contributed by atoms with E-state index < -0.39 is 0 Å². The molecule has 1 amide bonds. The number of rotatable bonds is 8. The zero-order chi connectivity index (χ0) is 15.0. The van der Waals surface area contributed by atoms with Crippen LogP contribution in [0.1, 0.15) is 46.5 Å². The van der Waals surface area contributed by atoms with Crippen LogP contribution < -0.4 is 15.8 Å². The molecule has 112 valence electrons. The molecule has 1 rings (SSSR count). The van der Waals surface area contributed by atoms with E-state index in [0.29, 0.717) is 6.42 Å². The van der Waals surface area contributed by atoms with Gasteiger partial charge in [0.25, 0.3) is 0 Å². The summed E-state index contributed by atoms with van der Waals surface area (Å²) >= 11 is 0. The molecule has 2 unspecified atom stereocenters. The summed E-state index contributed by atoms with van der Waals surface area (Å²) in [6, 6.07) is 7.66. The van der Waals surface area contributed by atoms with Crippen LogP contribution in [0.3, 0.4) is 0 Å². The summed E-state index contributed by atoms with van der Waals surface area (Å²) in [5.41, 5.74) is 6.44. The number of anilines is 1. The van der Waals surface area contributed by atoms with Crippen LogP contribution in [0.2, 0.25) is 0 Å². The minimum Gasteiger partial charge on any atom is -0.491 e. The lowest BCUT2D eigenvalue weighted by Gasteiger charge is -2.13. The highest BCUT2D eigenvalue weighted by atomic mass is 16.5. The van der Waals surface area contributed by atoms with Crippen LogP contribution in [0.25, 0.3) is 0 Å². The highest BCUT2D eigenvalue weighted by molar-refractivity contribution is 5.90. The fraction of sp³-hybridized carbons (Fsp3) is 0.562. The Morgan fingerprint density at radius 3 is 2.80 bits per heavy atom. The van der Waals surface area contributed by atoms with Crippen molar-refractivity contribution in [2.45, 2.75) is 58.6 Å². The number of nitrogens with one attached hydrogen (secondary N) is 1. The van der Waals surface area contributed by atoms with Gasteiger partial charge in [0, 0.05) is 24.2 Å². The molecule has 2 atom stereocenters. The predicted molar refractivity (Wildman–Crippen MR) is 83.0 cm³/mol. The van der Waals surface area contributed by atoms with Gasteiger partial charge in [-0.3, -0.25) is 4.79 Å². The van der Waals surface area contributed by atoms with Crippen molar-refractivity contribution in [3.63, 3.8) is 0 Å². The maximum atomic E-state index is 11.8. The van der Waals surface area contributed by atoms with Gasteiger partial charge in [-0.05, 0) is 45.2 Å². The third-order valence-corrected chi connectivity index (χ3v) is 3.09. The van der Waals surface area contributed by atoms with E-state index in [1.165, 1.54) is 0 Å². The number of hydrogen-bond donors (Lipinski definition) is 2. The molecule has 3 N–H and O–H groups in total. The molecule has 0 aromatic heterocycles.